The molecule has 0 amide bonds. The lowest BCUT2D eigenvalue weighted by atomic mass is 10.1. The molecule has 0 heterocycles. The van der Waals surface area contributed by atoms with E-state index >= 15 is 0 Å². The quantitative estimate of drug-likeness (QED) is 0.811. The molecule has 3 heteroatoms. The van der Waals surface area contributed by atoms with E-state index in [9.17, 15) is 4.79 Å². The highest BCUT2D eigenvalue weighted by atomic mass is 35.5. The van der Waals surface area contributed by atoms with E-state index in [0.717, 1.165) is 5.56 Å². The summed E-state index contributed by atoms with van der Waals surface area (Å²) in [6, 6.07) is 4.99. The molecule has 0 aromatic heterocycles. The maximum atomic E-state index is 10.7. The largest absolute Gasteiger partial charge is 0.506 e. The van der Waals surface area contributed by atoms with Gasteiger partial charge in [0.2, 0.25) is 0 Å². The van der Waals surface area contributed by atoms with Crippen LogP contribution in [0.25, 0.3) is 0 Å². The summed E-state index contributed by atoms with van der Waals surface area (Å²) in [6.45, 7) is 1.56. The van der Waals surface area contributed by atoms with Gasteiger partial charge in [-0.3, -0.25) is 0 Å². The molecule has 0 unspecified atom stereocenters. The topological polar surface area (TPSA) is 37.3 Å². The van der Waals surface area contributed by atoms with Crippen molar-refractivity contribution in [3.63, 3.8) is 0 Å². The minimum absolute atomic E-state index is 0.0771. The molecule has 70 valence electrons. The first-order valence-electron chi connectivity index (χ1n) is 4.06. The average Bonchev–Trinajstić information content (AvgIpc) is 2.07. The van der Waals surface area contributed by atoms with Gasteiger partial charge in [0.15, 0.2) is 0 Å². The smallest absolute Gasteiger partial charge is 0.134 e. The van der Waals surface area contributed by atoms with E-state index in [-0.39, 0.29) is 11.5 Å². The van der Waals surface area contributed by atoms with E-state index in [1.807, 2.05) is 0 Å². The highest BCUT2D eigenvalue weighted by Crippen LogP contribution is 2.24. The Balaban J connectivity index is 2.68. The van der Waals surface area contributed by atoms with Gasteiger partial charge in [-0.25, -0.2) is 0 Å². The molecule has 0 aliphatic carbocycles. The second-order valence-corrected chi connectivity index (χ2v) is 3.39. The molecule has 0 radical (unpaired) electrons. The number of benzene rings is 1. The molecule has 0 saturated carbocycles. The Morgan fingerprint density at radius 2 is 2.23 bits per heavy atom. The Morgan fingerprint density at radius 1 is 1.54 bits per heavy atom. The standard InChI is InChI=1S/C10H11ClO2/c1-7(12)2-3-8-4-5-10(13)9(11)6-8/h4-6,13H,2-3H2,1H3. The van der Waals surface area contributed by atoms with Crippen LogP contribution in [0.5, 0.6) is 5.75 Å². The van der Waals surface area contributed by atoms with Gasteiger partial charge in [-0.1, -0.05) is 17.7 Å². The fraction of sp³-hybridized carbons (Fsp3) is 0.300. The summed E-state index contributed by atoms with van der Waals surface area (Å²) in [5, 5.41) is 9.46. The predicted octanol–water partition coefficient (Wildman–Crippen LogP) is 2.57. The number of carbonyl (C=O) groups excluding carboxylic acids is 1. The Labute approximate surface area is 82.2 Å². The summed E-state index contributed by atoms with van der Waals surface area (Å²) in [7, 11) is 0. The number of rotatable bonds is 3. The van der Waals surface area contributed by atoms with Crippen molar-refractivity contribution >= 4 is 17.4 Å². The van der Waals surface area contributed by atoms with Crippen LogP contribution in [-0.2, 0) is 11.2 Å². The zero-order valence-corrected chi connectivity index (χ0v) is 8.14. The van der Waals surface area contributed by atoms with Crippen molar-refractivity contribution in [2.45, 2.75) is 19.8 Å². The molecular weight excluding hydrogens is 188 g/mol. The van der Waals surface area contributed by atoms with Crippen LogP contribution in [0.3, 0.4) is 0 Å². The van der Waals surface area contributed by atoms with Gasteiger partial charge in [-0.05, 0) is 31.0 Å². The third-order valence-corrected chi connectivity index (χ3v) is 2.08. The number of aryl methyl sites for hydroxylation is 1. The number of hydrogen-bond acceptors (Lipinski definition) is 2. The maximum absolute atomic E-state index is 10.7. The monoisotopic (exact) mass is 198 g/mol. The lowest BCUT2D eigenvalue weighted by molar-refractivity contribution is -0.116. The maximum Gasteiger partial charge on any atom is 0.134 e. The molecule has 0 bridgehead atoms. The van der Waals surface area contributed by atoms with E-state index in [4.69, 9.17) is 16.7 Å². The molecule has 0 spiro atoms. The first kappa shape index (κ1) is 10.1. The highest BCUT2D eigenvalue weighted by Gasteiger charge is 2.01. The number of ketones is 1. The SMILES string of the molecule is CC(=O)CCc1ccc(O)c(Cl)c1. The number of aromatic hydroxyl groups is 1. The average molecular weight is 199 g/mol. The van der Waals surface area contributed by atoms with Gasteiger partial charge in [-0.2, -0.15) is 0 Å². The number of Topliss-reactive ketones (excluding diaryl/α,β-unsaturated/α-hetero) is 1. The summed E-state index contributed by atoms with van der Waals surface area (Å²) in [5.41, 5.74) is 0.970. The molecule has 2 nitrogen and oxygen atoms in total. The van der Waals surface area contributed by atoms with Crippen LogP contribution in [0.4, 0.5) is 0 Å². The fourth-order valence-electron chi connectivity index (χ4n) is 1.03. The van der Waals surface area contributed by atoms with E-state index in [2.05, 4.69) is 0 Å². The predicted molar refractivity (Wildman–Crippen MR) is 52.1 cm³/mol. The molecule has 1 rings (SSSR count). The Kier molecular flexibility index (Phi) is 3.32. The number of phenolic OH excluding ortho intramolecular Hbond substituents is 1. The van der Waals surface area contributed by atoms with Gasteiger partial charge in [0, 0.05) is 6.42 Å². The van der Waals surface area contributed by atoms with E-state index in [1.54, 1.807) is 19.1 Å². The second kappa shape index (κ2) is 4.28. The second-order valence-electron chi connectivity index (χ2n) is 2.99. The van der Waals surface area contributed by atoms with Crippen molar-refractivity contribution in [1.29, 1.82) is 0 Å². The van der Waals surface area contributed by atoms with Crippen LogP contribution in [-0.4, -0.2) is 10.9 Å². The Morgan fingerprint density at radius 3 is 2.77 bits per heavy atom. The Hall–Kier alpha value is -1.02. The van der Waals surface area contributed by atoms with Gasteiger partial charge in [-0.15, -0.1) is 0 Å². The molecule has 0 aliphatic rings. The summed E-state index contributed by atoms with van der Waals surface area (Å²) >= 11 is 5.69. The van der Waals surface area contributed by atoms with Crippen LogP contribution in [0.1, 0.15) is 18.9 Å². The van der Waals surface area contributed by atoms with E-state index < -0.39 is 0 Å². The lowest BCUT2D eigenvalue weighted by Crippen LogP contribution is -1.93. The molecule has 1 N–H and O–H groups in total. The molecule has 0 atom stereocenters. The van der Waals surface area contributed by atoms with Crippen LogP contribution < -0.4 is 0 Å². The summed E-state index contributed by atoms with van der Waals surface area (Å²) in [6.07, 6.45) is 1.19. The van der Waals surface area contributed by atoms with Crippen molar-refractivity contribution in [3.8, 4) is 5.75 Å². The van der Waals surface area contributed by atoms with Gasteiger partial charge in [0.1, 0.15) is 11.5 Å². The summed E-state index contributed by atoms with van der Waals surface area (Å²) in [4.78, 5) is 10.7. The number of halogens is 1. The molecule has 0 aliphatic heterocycles. The van der Waals surface area contributed by atoms with Gasteiger partial charge in [0.25, 0.3) is 0 Å². The van der Waals surface area contributed by atoms with Crippen molar-refractivity contribution in [2.75, 3.05) is 0 Å². The molecule has 0 saturated heterocycles. The third kappa shape index (κ3) is 3.07. The number of hydrogen-bond donors (Lipinski definition) is 1. The van der Waals surface area contributed by atoms with Crippen LogP contribution in [0.2, 0.25) is 5.02 Å². The lowest BCUT2D eigenvalue weighted by Gasteiger charge is -2.01. The van der Waals surface area contributed by atoms with Crippen LogP contribution in [0, 0.1) is 0 Å². The van der Waals surface area contributed by atoms with Crippen molar-refractivity contribution in [3.05, 3.63) is 28.8 Å². The highest BCUT2D eigenvalue weighted by molar-refractivity contribution is 6.32. The normalized spacial score (nSPS) is 10.0. The van der Waals surface area contributed by atoms with Gasteiger partial charge in [0.05, 0.1) is 5.02 Å². The number of phenols is 1. The fourth-order valence-corrected chi connectivity index (χ4v) is 1.23. The van der Waals surface area contributed by atoms with E-state index in [0.29, 0.717) is 17.9 Å². The third-order valence-electron chi connectivity index (χ3n) is 1.78. The van der Waals surface area contributed by atoms with Crippen LogP contribution >= 0.6 is 11.6 Å². The van der Waals surface area contributed by atoms with Crippen LogP contribution in [0.15, 0.2) is 18.2 Å². The minimum Gasteiger partial charge on any atom is -0.506 e. The molecule has 1 aromatic carbocycles. The molecule has 13 heavy (non-hydrogen) atoms. The van der Waals surface area contributed by atoms with Crippen molar-refractivity contribution in [1.82, 2.24) is 0 Å². The summed E-state index contributed by atoms with van der Waals surface area (Å²) < 4.78 is 0. The summed E-state index contributed by atoms with van der Waals surface area (Å²) in [5.74, 6) is 0.234. The zero-order valence-electron chi connectivity index (χ0n) is 7.38. The molecule has 1 aromatic rings. The van der Waals surface area contributed by atoms with Gasteiger partial charge < -0.3 is 9.90 Å². The first-order chi connectivity index (χ1) is 6.09. The van der Waals surface area contributed by atoms with Crippen molar-refractivity contribution < 1.29 is 9.90 Å². The van der Waals surface area contributed by atoms with Gasteiger partial charge >= 0.3 is 0 Å². The molecule has 0 fully saturated rings. The zero-order chi connectivity index (χ0) is 9.84. The number of carbonyl (C=O) groups is 1. The first-order valence-corrected chi connectivity index (χ1v) is 4.44. The Bertz CT molecular complexity index is 321. The minimum atomic E-state index is 0.0771. The van der Waals surface area contributed by atoms with E-state index in [1.165, 1.54) is 6.07 Å². The molecular formula is C10H11ClO2. The van der Waals surface area contributed by atoms with Crippen molar-refractivity contribution in [2.24, 2.45) is 0 Å².